The Bertz CT molecular complexity index is 690. The molecule has 2 N–H and O–H groups in total. The number of rotatable bonds is 6. The van der Waals surface area contributed by atoms with Gasteiger partial charge in [0.25, 0.3) is 0 Å². The molecule has 3 rings (SSSR count). The van der Waals surface area contributed by atoms with Crippen LogP contribution in [0.2, 0.25) is 0 Å². The van der Waals surface area contributed by atoms with Gasteiger partial charge in [0.2, 0.25) is 5.95 Å². The van der Waals surface area contributed by atoms with Crippen molar-refractivity contribution in [3.63, 3.8) is 0 Å². The van der Waals surface area contributed by atoms with E-state index in [4.69, 9.17) is 9.97 Å². The first kappa shape index (κ1) is 17.9. The van der Waals surface area contributed by atoms with Crippen molar-refractivity contribution < 1.29 is 0 Å². The largest absolute Gasteiger partial charge is 0.362 e. The second-order valence-electron chi connectivity index (χ2n) is 7.78. The molecule has 0 radical (unpaired) electrons. The lowest BCUT2D eigenvalue weighted by Gasteiger charge is -2.30. The molecular formula is C20H31N5. The van der Waals surface area contributed by atoms with Crippen LogP contribution in [0.5, 0.6) is 0 Å². The van der Waals surface area contributed by atoms with E-state index < -0.39 is 0 Å². The van der Waals surface area contributed by atoms with E-state index in [1.807, 2.05) is 26.2 Å². The summed E-state index contributed by atoms with van der Waals surface area (Å²) in [7, 11) is 4.06. The number of nitrogens with zero attached hydrogens (tertiary/aromatic N) is 3. The Morgan fingerprint density at radius 2 is 1.72 bits per heavy atom. The van der Waals surface area contributed by atoms with E-state index in [0.29, 0.717) is 18.0 Å². The van der Waals surface area contributed by atoms with Crippen LogP contribution in [0.25, 0.3) is 10.9 Å². The van der Waals surface area contributed by atoms with Gasteiger partial charge in [-0.2, -0.15) is 4.98 Å². The molecule has 5 heteroatoms. The molecule has 1 heterocycles. The molecular weight excluding hydrogens is 310 g/mol. The molecule has 0 atom stereocenters. The van der Waals surface area contributed by atoms with Gasteiger partial charge in [-0.3, -0.25) is 0 Å². The molecule has 1 fully saturated rings. The van der Waals surface area contributed by atoms with Crippen LogP contribution < -0.4 is 15.5 Å². The van der Waals surface area contributed by atoms with Gasteiger partial charge in [0.1, 0.15) is 5.82 Å². The first-order valence-electron chi connectivity index (χ1n) is 9.47. The maximum Gasteiger partial charge on any atom is 0.225 e. The molecule has 136 valence electrons. The molecule has 0 spiro atoms. The van der Waals surface area contributed by atoms with Crippen LogP contribution in [-0.2, 0) is 0 Å². The number of anilines is 2. The summed E-state index contributed by atoms with van der Waals surface area (Å²) >= 11 is 0. The molecule has 0 amide bonds. The van der Waals surface area contributed by atoms with Gasteiger partial charge in [0.15, 0.2) is 0 Å². The summed E-state index contributed by atoms with van der Waals surface area (Å²) in [5, 5.41) is 8.36. The maximum atomic E-state index is 4.76. The fourth-order valence-electron chi connectivity index (χ4n) is 3.49. The highest BCUT2D eigenvalue weighted by Gasteiger charge is 2.22. The molecule has 0 saturated heterocycles. The number of hydrogen-bond acceptors (Lipinski definition) is 5. The minimum atomic E-state index is 0.466. The van der Waals surface area contributed by atoms with Crippen LogP contribution in [0.15, 0.2) is 24.3 Å². The molecule has 1 aromatic carbocycles. The van der Waals surface area contributed by atoms with Crippen LogP contribution in [0.1, 0.15) is 39.5 Å². The third kappa shape index (κ3) is 4.60. The Labute approximate surface area is 151 Å². The Hall–Kier alpha value is -1.88. The highest BCUT2D eigenvalue weighted by Crippen LogP contribution is 2.26. The van der Waals surface area contributed by atoms with Crippen molar-refractivity contribution in [3.8, 4) is 0 Å². The topological polar surface area (TPSA) is 53.1 Å². The molecule has 25 heavy (non-hydrogen) atoms. The molecule has 1 saturated carbocycles. The van der Waals surface area contributed by atoms with Crippen LogP contribution in [0.4, 0.5) is 11.8 Å². The summed E-state index contributed by atoms with van der Waals surface area (Å²) in [5.74, 6) is 2.44. The summed E-state index contributed by atoms with van der Waals surface area (Å²) in [6.45, 7) is 5.64. The lowest BCUT2D eigenvalue weighted by Crippen LogP contribution is -2.38. The van der Waals surface area contributed by atoms with Gasteiger partial charge in [0, 0.05) is 31.6 Å². The summed E-state index contributed by atoms with van der Waals surface area (Å²) in [4.78, 5) is 11.5. The second kappa shape index (κ2) is 8.00. The van der Waals surface area contributed by atoms with Gasteiger partial charge in [0.05, 0.1) is 5.52 Å². The lowest BCUT2D eigenvalue weighted by atomic mass is 9.91. The van der Waals surface area contributed by atoms with Crippen LogP contribution >= 0.6 is 0 Å². The molecule has 2 aromatic rings. The number of para-hydroxylation sites is 1. The number of nitrogens with one attached hydrogen (secondary N) is 2. The van der Waals surface area contributed by atoms with E-state index in [2.05, 4.69) is 41.5 Å². The number of benzene rings is 1. The van der Waals surface area contributed by atoms with E-state index in [9.17, 15) is 0 Å². The maximum absolute atomic E-state index is 4.76. The van der Waals surface area contributed by atoms with E-state index in [1.54, 1.807) is 0 Å². The highest BCUT2D eigenvalue weighted by molar-refractivity contribution is 5.90. The standard InChI is InChI=1S/C20H31N5/c1-14(2)13-21-15-9-11-16(12-10-15)22-20-23-18-8-6-5-7-17(18)19(24-20)25(3)4/h5-8,14-16,21H,9-13H2,1-4H3,(H,22,23,24)/t15-,16+. The monoisotopic (exact) mass is 341 g/mol. The SMILES string of the molecule is CC(C)CN[C@H]1CC[C@@H](Nc2nc(N(C)C)c3ccccc3n2)CC1. The third-order valence-electron chi connectivity index (χ3n) is 4.88. The second-order valence-corrected chi connectivity index (χ2v) is 7.78. The zero-order valence-corrected chi connectivity index (χ0v) is 15.9. The fourth-order valence-corrected chi connectivity index (χ4v) is 3.49. The van der Waals surface area contributed by atoms with Crippen molar-refractivity contribution in [3.05, 3.63) is 24.3 Å². The fraction of sp³-hybridized carbons (Fsp3) is 0.600. The minimum absolute atomic E-state index is 0.466. The average molecular weight is 342 g/mol. The first-order chi connectivity index (χ1) is 12.0. The van der Waals surface area contributed by atoms with Gasteiger partial charge in [-0.1, -0.05) is 26.0 Å². The molecule has 5 nitrogen and oxygen atoms in total. The lowest BCUT2D eigenvalue weighted by molar-refractivity contribution is 0.341. The van der Waals surface area contributed by atoms with Crippen molar-refractivity contribution in [1.29, 1.82) is 0 Å². The van der Waals surface area contributed by atoms with Crippen molar-refractivity contribution in [1.82, 2.24) is 15.3 Å². The Kier molecular flexibility index (Phi) is 5.74. The Balaban J connectivity index is 1.66. The molecule has 1 aliphatic rings. The summed E-state index contributed by atoms with van der Waals surface area (Å²) in [6, 6.07) is 9.34. The predicted molar refractivity (Wildman–Crippen MR) is 106 cm³/mol. The normalized spacial score (nSPS) is 20.8. The van der Waals surface area contributed by atoms with E-state index >= 15 is 0 Å². The van der Waals surface area contributed by atoms with E-state index in [-0.39, 0.29) is 0 Å². The van der Waals surface area contributed by atoms with Gasteiger partial charge in [-0.15, -0.1) is 0 Å². The number of aromatic nitrogens is 2. The Morgan fingerprint density at radius 3 is 2.40 bits per heavy atom. The average Bonchev–Trinajstić information content (AvgIpc) is 2.60. The molecule has 1 aliphatic carbocycles. The quantitative estimate of drug-likeness (QED) is 0.840. The van der Waals surface area contributed by atoms with Crippen molar-refractivity contribution in [2.45, 2.75) is 51.6 Å². The van der Waals surface area contributed by atoms with E-state index in [0.717, 1.165) is 29.2 Å². The summed E-state index contributed by atoms with van der Waals surface area (Å²) in [6.07, 6.45) is 4.78. The molecule has 1 aromatic heterocycles. The molecule has 0 aliphatic heterocycles. The summed E-state index contributed by atoms with van der Waals surface area (Å²) < 4.78 is 0. The van der Waals surface area contributed by atoms with Gasteiger partial charge < -0.3 is 15.5 Å². The van der Waals surface area contributed by atoms with Crippen molar-refractivity contribution >= 4 is 22.7 Å². The van der Waals surface area contributed by atoms with Crippen LogP contribution in [0, 0.1) is 5.92 Å². The highest BCUT2D eigenvalue weighted by atomic mass is 15.2. The van der Waals surface area contributed by atoms with Gasteiger partial charge >= 0.3 is 0 Å². The van der Waals surface area contributed by atoms with Gasteiger partial charge in [-0.25, -0.2) is 4.98 Å². The summed E-state index contributed by atoms with van der Waals surface area (Å²) in [5.41, 5.74) is 0.996. The van der Waals surface area contributed by atoms with Crippen molar-refractivity contribution in [2.75, 3.05) is 30.9 Å². The third-order valence-corrected chi connectivity index (χ3v) is 4.88. The number of hydrogen-bond donors (Lipinski definition) is 2. The first-order valence-corrected chi connectivity index (χ1v) is 9.47. The van der Waals surface area contributed by atoms with Crippen molar-refractivity contribution in [2.24, 2.45) is 5.92 Å². The van der Waals surface area contributed by atoms with Crippen LogP contribution in [0.3, 0.4) is 0 Å². The Morgan fingerprint density at radius 1 is 1.04 bits per heavy atom. The smallest absolute Gasteiger partial charge is 0.225 e. The van der Waals surface area contributed by atoms with Gasteiger partial charge in [-0.05, 0) is 50.3 Å². The number of fused-ring (bicyclic) bond motifs is 1. The minimum Gasteiger partial charge on any atom is -0.362 e. The molecule has 0 bridgehead atoms. The zero-order valence-electron chi connectivity index (χ0n) is 15.9. The predicted octanol–water partition coefficient (Wildman–Crippen LogP) is 3.66. The molecule has 0 unspecified atom stereocenters. The zero-order chi connectivity index (χ0) is 17.8. The van der Waals surface area contributed by atoms with E-state index in [1.165, 1.54) is 25.7 Å². The van der Waals surface area contributed by atoms with Crippen LogP contribution in [-0.4, -0.2) is 42.7 Å².